The molecule has 0 bridgehead atoms. The van der Waals surface area contributed by atoms with Crippen LogP contribution in [0.25, 0.3) is 0 Å². The lowest BCUT2D eigenvalue weighted by molar-refractivity contribution is 0.198. The highest BCUT2D eigenvalue weighted by Crippen LogP contribution is 2.23. The van der Waals surface area contributed by atoms with Crippen LogP contribution in [0.15, 0.2) is 23.2 Å². The summed E-state index contributed by atoms with van der Waals surface area (Å²) in [6.07, 6.45) is 5.32. The molecule has 0 spiro atoms. The molecule has 33 heavy (non-hydrogen) atoms. The Morgan fingerprint density at radius 3 is 2.45 bits per heavy atom. The first-order valence-electron chi connectivity index (χ1n) is 12.6. The number of guanidine groups is 1. The molecule has 8 heteroatoms. The molecule has 186 valence electrons. The molecule has 3 heterocycles. The predicted molar refractivity (Wildman–Crippen MR) is 146 cm³/mol. The van der Waals surface area contributed by atoms with E-state index in [2.05, 4.69) is 36.8 Å². The standard InChI is InChI=1S/C25H41FN6.HI/c1-3-29-13-15-31(16-14-29)24-8-7-21(17-23(24)26)18-28-25(27-2)32-12-9-22(20-32)19-30-10-5-4-6-11-30;/h7-8,17,22H,3-6,9-16,18-20H2,1-2H3,(H,27,28);1H. The molecule has 4 rings (SSSR count). The van der Waals surface area contributed by atoms with Crippen molar-refractivity contribution < 1.29 is 4.39 Å². The molecule has 1 aromatic carbocycles. The smallest absolute Gasteiger partial charge is 0.193 e. The van der Waals surface area contributed by atoms with Crippen molar-refractivity contribution in [3.05, 3.63) is 29.6 Å². The van der Waals surface area contributed by atoms with Crippen molar-refractivity contribution in [2.45, 2.75) is 39.2 Å². The van der Waals surface area contributed by atoms with Crippen LogP contribution in [0.4, 0.5) is 10.1 Å². The fourth-order valence-electron chi connectivity index (χ4n) is 5.42. The van der Waals surface area contributed by atoms with Crippen molar-refractivity contribution in [2.75, 3.05) is 77.4 Å². The topological polar surface area (TPSA) is 37.4 Å². The van der Waals surface area contributed by atoms with Gasteiger partial charge in [0.2, 0.25) is 0 Å². The summed E-state index contributed by atoms with van der Waals surface area (Å²) in [5, 5.41) is 3.47. The van der Waals surface area contributed by atoms with Gasteiger partial charge < -0.3 is 24.9 Å². The van der Waals surface area contributed by atoms with Gasteiger partial charge in [0.15, 0.2) is 5.96 Å². The molecular weight excluding hydrogens is 530 g/mol. The zero-order valence-corrected chi connectivity index (χ0v) is 22.8. The Morgan fingerprint density at radius 2 is 1.79 bits per heavy atom. The lowest BCUT2D eigenvalue weighted by Gasteiger charge is -2.35. The zero-order chi connectivity index (χ0) is 22.3. The van der Waals surface area contributed by atoms with E-state index in [0.29, 0.717) is 6.54 Å². The molecule has 1 N–H and O–H groups in total. The second-order valence-corrected chi connectivity index (χ2v) is 9.57. The third-order valence-corrected chi connectivity index (χ3v) is 7.39. The van der Waals surface area contributed by atoms with Crippen LogP contribution in [0.2, 0.25) is 0 Å². The number of likely N-dealkylation sites (N-methyl/N-ethyl adjacent to an activating group) is 1. The molecule has 0 aromatic heterocycles. The number of likely N-dealkylation sites (tertiary alicyclic amines) is 2. The molecule has 0 radical (unpaired) electrons. The first kappa shape index (κ1) is 26.5. The van der Waals surface area contributed by atoms with E-state index >= 15 is 0 Å². The van der Waals surface area contributed by atoms with Crippen LogP contribution in [-0.2, 0) is 6.54 Å². The molecule has 1 unspecified atom stereocenters. The maximum atomic E-state index is 14.9. The minimum Gasteiger partial charge on any atom is -0.367 e. The number of rotatable bonds is 6. The molecular formula is C25H42FIN6. The van der Waals surface area contributed by atoms with Crippen molar-refractivity contribution >= 4 is 35.6 Å². The first-order valence-corrected chi connectivity index (χ1v) is 12.6. The van der Waals surface area contributed by atoms with Crippen LogP contribution in [0.3, 0.4) is 0 Å². The minimum atomic E-state index is -0.119. The van der Waals surface area contributed by atoms with Gasteiger partial charge in [0.05, 0.1) is 5.69 Å². The highest BCUT2D eigenvalue weighted by atomic mass is 127. The second-order valence-electron chi connectivity index (χ2n) is 9.57. The highest BCUT2D eigenvalue weighted by Gasteiger charge is 2.27. The quantitative estimate of drug-likeness (QED) is 0.321. The molecule has 3 fully saturated rings. The van der Waals surface area contributed by atoms with Crippen molar-refractivity contribution in [1.82, 2.24) is 20.0 Å². The number of anilines is 1. The van der Waals surface area contributed by atoms with Gasteiger partial charge in [-0.3, -0.25) is 4.99 Å². The number of piperidine rings is 1. The second kappa shape index (κ2) is 13.1. The molecule has 1 aromatic rings. The fraction of sp³-hybridized carbons (Fsp3) is 0.720. The van der Waals surface area contributed by atoms with Gasteiger partial charge in [-0.1, -0.05) is 19.4 Å². The van der Waals surface area contributed by atoms with Gasteiger partial charge in [-0.05, 0) is 62.5 Å². The highest BCUT2D eigenvalue weighted by molar-refractivity contribution is 14.0. The average Bonchev–Trinajstić information content (AvgIpc) is 3.28. The van der Waals surface area contributed by atoms with Crippen LogP contribution in [0, 0.1) is 11.7 Å². The van der Waals surface area contributed by atoms with E-state index in [-0.39, 0.29) is 29.8 Å². The molecule has 3 aliphatic heterocycles. The number of nitrogens with one attached hydrogen (secondary N) is 1. The molecule has 0 aliphatic carbocycles. The SMILES string of the molecule is CCN1CCN(c2ccc(CNC(=NC)N3CCC(CN4CCCCC4)C3)cc2F)CC1.I. The molecule has 1 atom stereocenters. The van der Waals surface area contributed by atoms with Gasteiger partial charge in [-0.15, -0.1) is 24.0 Å². The number of piperazine rings is 1. The van der Waals surface area contributed by atoms with E-state index in [9.17, 15) is 4.39 Å². The summed E-state index contributed by atoms with van der Waals surface area (Å²) in [5.41, 5.74) is 1.69. The predicted octanol–water partition coefficient (Wildman–Crippen LogP) is 3.47. The van der Waals surface area contributed by atoms with Gasteiger partial charge in [-0.25, -0.2) is 4.39 Å². The largest absolute Gasteiger partial charge is 0.367 e. The van der Waals surface area contributed by atoms with Crippen LogP contribution in [0.5, 0.6) is 0 Å². The lowest BCUT2D eigenvalue weighted by atomic mass is 10.1. The van der Waals surface area contributed by atoms with Crippen LogP contribution in [-0.4, -0.2) is 93.2 Å². The Labute approximate surface area is 216 Å². The average molecular weight is 573 g/mol. The number of hydrogen-bond donors (Lipinski definition) is 1. The van der Waals surface area contributed by atoms with Crippen LogP contribution < -0.4 is 10.2 Å². The summed E-state index contributed by atoms with van der Waals surface area (Å²) in [7, 11) is 1.85. The van der Waals surface area contributed by atoms with E-state index in [0.717, 1.165) is 68.9 Å². The van der Waals surface area contributed by atoms with Crippen molar-refractivity contribution in [3.63, 3.8) is 0 Å². The molecule has 3 aliphatic rings. The molecule has 6 nitrogen and oxygen atoms in total. The number of nitrogens with zero attached hydrogens (tertiary/aromatic N) is 5. The molecule has 0 saturated carbocycles. The normalized spacial score (nSPS) is 23.0. The van der Waals surface area contributed by atoms with Crippen LogP contribution >= 0.6 is 24.0 Å². The number of halogens is 2. The van der Waals surface area contributed by atoms with Crippen molar-refractivity contribution in [1.29, 1.82) is 0 Å². The monoisotopic (exact) mass is 572 g/mol. The Hall–Kier alpha value is -1.13. The summed E-state index contributed by atoms with van der Waals surface area (Å²) in [6.45, 7) is 13.5. The number of benzene rings is 1. The third-order valence-electron chi connectivity index (χ3n) is 7.39. The summed E-state index contributed by atoms with van der Waals surface area (Å²) < 4.78 is 14.9. The molecule has 0 amide bonds. The summed E-state index contributed by atoms with van der Waals surface area (Å²) in [5.74, 6) is 1.54. The van der Waals surface area contributed by atoms with Gasteiger partial charge in [0.1, 0.15) is 5.82 Å². The van der Waals surface area contributed by atoms with Gasteiger partial charge in [0.25, 0.3) is 0 Å². The first-order chi connectivity index (χ1) is 15.7. The molecule has 3 saturated heterocycles. The number of hydrogen-bond acceptors (Lipinski definition) is 4. The Kier molecular flexibility index (Phi) is 10.5. The van der Waals surface area contributed by atoms with Gasteiger partial charge >= 0.3 is 0 Å². The van der Waals surface area contributed by atoms with Crippen LogP contribution in [0.1, 0.15) is 38.2 Å². The Balaban J connectivity index is 0.00000306. The lowest BCUT2D eigenvalue weighted by Crippen LogP contribution is -2.46. The van der Waals surface area contributed by atoms with Gasteiger partial charge in [-0.2, -0.15) is 0 Å². The van der Waals surface area contributed by atoms with E-state index in [4.69, 9.17) is 0 Å². The maximum absolute atomic E-state index is 14.9. The minimum absolute atomic E-state index is 0. The fourth-order valence-corrected chi connectivity index (χ4v) is 5.42. The Morgan fingerprint density at radius 1 is 1.03 bits per heavy atom. The summed E-state index contributed by atoms with van der Waals surface area (Å²) in [6, 6.07) is 5.68. The van der Waals surface area contributed by atoms with Crippen molar-refractivity contribution in [2.24, 2.45) is 10.9 Å². The van der Waals surface area contributed by atoms with E-state index in [1.54, 1.807) is 6.07 Å². The van der Waals surface area contributed by atoms with Crippen molar-refractivity contribution in [3.8, 4) is 0 Å². The van der Waals surface area contributed by atoms with E-state index in [1.807, 2.05) is 19.2 Å². The zero-order valence-electron chi connectivity index (χ0n) is 20.4. The van der Waals surface area contributed by atoms with E-state index in [1.165, 1.54) is 45.3 Å². The maximum Gasteiger partial charge on any atom is 0.193 e. The summed E-state index contributed by atoms with van der Waals surface area (Å²) >= 11 is 0. The third kappa shape index (κ3) is 7.18. The summed E-state index contributed by atoms with van der Waals surface area (Å²) in [4.78, 5) is 14.1. The van der Waals surface area contributed by atoms with Gasteiger partial charge in [0, 0.05) is 59.4 Å². The number of aliphatic imine (C=N–C) groups is 1. The Bertz CT molecular complexity index is 761. The van der Waals surface area contributed by atoms with E-state index < -0.39 is 0 Å².